The summed E-state index contributed by atoms with van der Waals surface area (Å²) in [5.74, 6) is 1.28. The molecule has 1 aliphatic rings. The molecule has 3 aromatic rings. The monoisotopic (exact) mass is 368 g/mol. The first-order valence-corrected chi connectivity index (χ1v) is 8.82. The van der Waals surface area contributed by atoms with Gasteiger partial charge in [-0.05, 0) is 25.0 Å². The number of pyridine rings is 1. The highest BCUT2D eigenvalue weighted by Crippen LogP contribution is 2.18. The fourth-order valence-corrected chi connectivity index (χ4v) is 3.09. The highest BCUT2D eigenvalue weighted by atomic mass is 16.5. The van der Waals surface area contributed by atoms with Gasteiger partial charge < -0.3 is 18.7 Å². The van der Waals surface area contributed by atoms with Crippen LogP contribution in [0.4, 0.5) is 0 Å². The van der Waals surface area contributed by atoms with Crippen molar-refractivity contribution in [2.75, 3.05) is 13.1 Å². The van der Waals surface area contributed by atoms with Crippen LogP contribution < -0.4 is 0 Å². The zero-order valence-corrected chi connectivity index (χ0v) is 15.0. The van der Waals surface area contributed by atoms with Gasteiger partial charge in [0.1, 0.15) is 6.61 Å². The largest absolute Gasteiger partial charge is 0.368 e. The molecule has 4 heterocycles. The summed E-state index contributed by atoms with van der Waals surface area (Å²) in [5.41, 5.74) is 0.813. The van der Waals surface area contributed by atoms with Crippen LogP contribution in [0.3, 0.4) is 0 Å². The molecule has 0 saturated carbocycles. The number of aromatic nitrogens is 5. The number of likely N-dealkylation sites (tertiary alicyclic amines) is 1. The van der Waals surface area contributed by atoms with Crippen molar-refractivity contribution in [3.8, 4) is 11.5 Å². The Kier molecular flexibility index (Phi) is 4.93. The average Bonchev–Trinajstić information content (AvgIpc) is 3.36. The Morgan fingerprint density at radius 3 is 2.96 bits per heavy atom. The summed E-state index contributed by atoms with van der Waals surface area (Å²) < 4.78 is 12.9. The molecule has 1 atom stereocenters. The number of carbonyl (C=O) groups is 1. The third-order valence-corrected chi connectivity index (χ3v) is 4.52. The Labute approximate surface area is 156 Å². The Hall–Kier alpha value is -3.07. The smallest absolute Gasteiger partial charge is 0.289 e. The molecular weight excluding hydrogens is 348 g/mol. The molecule has 140 valence electrons. The molecule has 1 fully saturated rings. The number of hydrogen-bond acceptors (Lipinski definition) is 7. The van der Waals surface area contributed by atoms with Crippen molar-refractivity contribution in [1.82, 2.24) is 29.6 Å². The highest BCUT2D eigenvalue weighted by Gasteiger charge is 2.27. The van der Waals surface area contributed by atoms with Crippen molar-refractivity contribution < 1.29 is 14.1 Å². The molecule has 3 aromatic heterocycles. The normalized spacial score (nSPS) is 17.2. The second-order valence-corrected chi connectivity index (χ2v) is 6.44. The van der Waals surface area contributed by atoms with E-state index < -0.39 is 0 Å². The van der Waals surface area contributed by atoms with Crippen LogP contribution in [0.5, 0.6) is 0 Å². The van der Waals surface area contributed by atoms with Gasteiger partial charge in [-0.25, -0.2) is 4.98 Å². The molecule has 0 bridgehead atoms. The maximum absolute atomic E-state index is 12.6. The van der Waals surface area contributed by atoms with E-state index in [1.165, 1.54) is 0 Å². The second kappa shape index (κ2) is 7.67. The minimum atomic E-state index is -0.0738. The van der Waals surface area contributed by atoms with E-state index in [1.807, 2.05) is 7.05 Å². The molecule has 1 unspecified atom stereocenters. The molecule has 0 aromatic carbocycles. The minimum absolute atomic E-state index is 0.0640. The van der Waals surface area contributed by atoms with Gasteiger partial charge in [-0.3, -0.25) is 9.78 Å². The molecule has 0 aliphatic carbocycles. The maximum atomic E-state index is 12.6. The van der Waals surface area contributed by atoms with E-state index in [2.05, 4.69) is 20.1 Å². The van der Waals surface area contributed by atoms with Crippen LogP contribution in [0.2, 0.25) is 0 Å². The van der Waals surface area contributed by atoms with E-state index in [0.29, 0.717) is 30.6 Å². The highest BCUT2D eigenvalue weighted by molar-refractivity contribution is 5.90. The first-order chi connectivity index (χ1) is 13.2. The fraction of sp³-hybridized carbons (Fsp3) is 0.389. The van der Waals surface area contributed by atoms with Crippen LogP contribution in [0.15, 0.2) is 41.4 Å². The van der Waals surface area contributed by atoms with Crippen LogP contribution in [-0.2, 0) is 18.4 Å². The Balaban J connectivity index is 1.34. The second-order valence-electron chi connectivity index (χ2n) is 6.44. The number of aryl methyl sites for hydroxylation is 1. The van der Waals surface area contributed by atoms with E-state index in [9.17, 15) is 4.79 Å². The Bertz CT molecular complexity index is 907. The molecule has 0 spiro atoms. The third kappa shape index (κ3) is 3.87. The predicted molar refractivity (Wildman–Crippen MR) is 94.5 cm³/mol. The molecule has 1 saturated heterocycles. The number of hydrogen-bond donors (Lipinski definition) is 0. The van der Waals surface area contributed by atoms with Crippen molar-refractivity contribution >= 4 is 5.91 Å². The lowest BCUT2D eigenvalue weighted by molar-refractivity contribution is -0.0100. The Morgan fingerprint density at radius 1 is 1.33 bits per heavy atom. The molecule has 27 heavy (non-hydrogen) atoms. The average molecular weight is 368 g/mol. The number of carbonyl (C=O) groups excluding carboxylic acids is 1. The summed E-state index contributed by atoms with van der Waals surface area (Å²) in [4.78, 5) is 26.8. The van der Waals surface area contributed by atoms with Gasteiger partial charge in [0.05, 0.1) is 6.10 Å². The van der Waals surface area contributed by atoms with Gasteiger partial charge in [0, 0.05) is 50.5 Å². The zero-order chi connectivity index (χ0) is 18.6. The van der Waals surface area contributed by atoms with Gasteiger partial charge in [0.15, 0.2) is 11.6 Å². The maximum Gasteiger partial charge on any atom is 0.289 e. The van der Waals surface area contributed by atoms with Gasteiger partial charge in [-0.1, -0.05) is 5.16 Å². The quantitative estimate of drug-likeness (QED) is 0.675. The first-order valence-electron chi connectivity index (χ1n) is 8.82. The number of rotatable bonds is 5. The van der Waals surface area contributed by atoms with Crippen LogP contribution in [0.1, 0.15) is 29.3 Å². The van der Waals surface area contributed by atoms with E-state index in [4.69, 9.17) is 9.26 Å². The van der Waals surface area contributed by atoms with Crippen LogP contribution in [-0.4, -0.2) is 54.7 Å². The van der Waals surface area contributed by atoms with Crippen LogP contribution >= 0.6 is 0 Å². The third-order valence-electron chi connectivity index (χ3n) is 4.52. The molecule has 0 radical (unpaired) electrons. The van der Waals surface area contributed by atoms with Gasteiger partial charge >= 0.3 is 0 Å². The van der Waals surface area contributed by atoms with Gasteiger partial charge in [-0.2, -0.15) is 4.98 Å². The standard InChI is InChI=1S/C18H20N6O3/c1-23-10-8-20-16(23)18(25)24-9-2-3-14(11-24)26-12-15-21-17(27-22-15)13-4-6-19-7-5-13/h4-8,10,14H,2-3,9,11-12H2,1H3. The first kappa shape index (κ1) is 17.3. The predicted octanol–water partition coefficient (Wildman–Crippen LogP) is 1.69. The summed E-state index contributed by atoms with van der Waals surface area (Å²) in [6.45, 7) is 1.48. The number of piperidine rings is 1. The van der Waals surface area contributed by atoms with Gasteiger partial charge in [0.2, 0.25) is 0 Å². The number of nitrogens with zero attached hydrogens (tertiary/aromatic N) is 6. The van der Waals surface area contributed by atoms with Crippen molar-refractivity contribution in [2.45, 2.75) is 25.6 Å². The SMILES string of the molecule is Cn1ccnc1C(=O)N1CCCC(OCc2noc(-c3ccncc3)n2)C1. The van der Waals surface area contributed by atoms with E-state index in [1.54, 1.807) is 46.4 Å². The van der Waals surface area contributed by atoms with E-state index >= 15 is 0 Å². The summed E-state index contributed by atoms with van der Waals surface area (Å²) in [5, 5.41) is 3.96. The van der Waals surface area contributed by atoms with Crippen LogP contribution in [0, 0.1) is 0 Å². The van der Waals surface area contributed by atoms with E-state index in [-0.39, 0.29) is 18.6 Å². The summed E-state index contributed by atoms with van der Waals surface area (Å²) >= 11 is 0. The van der Waals surface area contributed by atoms with Gasteiger partial charge in [-0.15, -0.1) is 0 Å². The Morgan fingerprint density at radius 2 is 2.19 bits per heavy atom. The lowest BCUT2D eigenvalue weighted by Gasteiger charge is -2.32. The molecule has 4 rings (SSSR count). The molecular formula is C18H20N6O3. The van der Waals surface area contributed by atoms with Crippen molar-refractivity contribution in [2.24, 2.45) is 7.05 Å². The van der Waals surface area contributed by atoms with Gasteiger partial charge in [0.25, 0.3) is 11.8 Å². The van der Waals surface area contributed by atoms with Crippen molar-refractivity contribution in [3.05, 3.63) is 48.6 Å². The minimum Gasteiger partial charge on any atom is -0.368 e. The summed E-state index contributed by atoms with van der Waals surface area (Å²) in [7, 11) is 1.81. The lowest BCUT2D eigenvalue weighted by Crippen LogP contribution is -2.44. The topological polar surface area (TPSA) is 99.2 Å². The lowest BCUT2D eigenvalue weighted by atomic mass is 10.1. The molecule has 1 amide bonds. The van der Waals surface area contributed by atoms with E-state index in [0.717, 1.165) is 18.4 Å². The number of amides is 1. The molecule has 0 N–H and O–H groups in total. The zero-order valence-electron chi connectivity index (χ0n) is 15.0. The molecule has 9 heteroatoms. The number of imidazole rings is 1. The van der Waals surface area contributed by atoms with Crippen molar-refractivity contribution in [1.29, 1.82) is 0 Å². The fourth-order valence-electron chi connectivity index (χ4n) is 3.09. The van der Waals surface area contributed by atoms with Crippen LogP contribution in [0.25, 0.3) is 11.5 Å². The molecule has 9 nitrogen and oxygen atoms in total. The summed E-state index contributed by atoms with van der Waals surface area (Å²) in [6, 6.07) is 3.61. The summed E-state index contributed by atoms with van der Waals surface area (Å²) in [6.07, 6.45) is 8.44. The van der Waals surface area contributed by atoms with Crippen molar-refractivity contribution in [3.63, 3.8) is 0 Å². The number of ether oxygens (including phenoxy) is 1. The molecule has 1 aliphatic heterocycles.